The first-order valence-corrected chi connectivity index (χ1v) is 7.79. The van der Waals surface area contributed by atoms with Gasteiger partial charge in [-0.25, -0.2) is 0 Å². The Morgan fingerprint density at radius 2 is 1.75 bits per heavy atom. The topological polar surface area (TPSA) is 96.6 Å². The molecule has 0 saturated heterocycles. The second-order valence-electron chi connectivity index (χ2n) is 4.19. The van der Waals surface area contributed by atoms with Crippen molar-refractivity contribution >= 4 is 21.0 Å². The second-order valence-corrected chi connectivity index (χ2v) is 5.66. The van der Waals surface area contributed by atoms with Gasteiger partial charge in [0.25, 0.3) is 15.7 Å². The molecule has 1 aromatic carbocycles. The number of hydrogen-bond acceptors (Lipinski definition) is 4. The summed E-state index contributed by atoms with van der Waals surface area (Å²) in [7, 11) is -3.67. The third-order valence-electron chi connectivity index (χ3n) is 2.44. The van der Waals surface area contributed by atoms with Crippen molar-refractivity contribution in [3.8, 4) is 0 Å². The molecule has 2 N–H and O–H groups in total. The molecule has 0 spiro atoms. The number of fused-ring (bicyclic) bond motifs is 1. The van der Waals surface area contributed by atoms with Gasteiger partial charge >= 0.3 is 0 Å². The number of aliphatic hydroxyl groups is 1. The molecule has 1 aromatic heterocycles. The SMILES string of the molecule is CS(=O)(=O)O.O=c1ccc2ccccc2n1CCCO. The van der Waals surface area contributed by atoms with Gasteiger partial charge in [-0.2, -0.15) is 8.42 Å². The van der Waals surface area contributed by atoms with Crippen molar-refractivity contribution in [3.63, 3.8) is 0 Å². The molecule has 0 aliphatic heterocycles. The number of pyridine rings is 1. The van der Waals surface area contributed by atoms with Crippen molar-refractivity contribution in [1.82, 2.24) is 4.57 Å². The average Bonchev–Trinajstić information content (AvgIpc) is 2.36. The Bertz CT molecular complexity index is 713. The van der Waals surface area contributed by atoms with E-state index in [2.05, 4.69) is 0 Å². The highest BCUT2D eigenvalue weighted by Gasteiger charge is 2.00. The first-order valence-electron chi connectivity index (χ1n) is 5.95. The first-order chi connectivity index (χ1) is 9.33. The van der Waals surface area contributed by atoms with Crippen LogP contribution in [-0.2, 0) is 16.7 Å². The van der Waals surface area contributed by atoms with Crippen LogP contribution in [0.25, 0.3) is 10.9 Å². The van der Waals surface area contributed by atoms with Gasteiger partial charge < -0.3 is 9.67 Å². The lowest BCUT2D eigenvalue weighted by molar-refractivity contribution is 0.280. The van der Waals surface area contributed by atoms with Gasteiger partial charge in [0.2, 0.25) is 0 Å². The molecule has 0 atom stereocenters. The summed E-state index contributed by atoms with van der Waals surface area (Å²) in [5.41, 5.74) is 0.917. The van der Waals surface area contributed by atoms with E-state index in [1.165, 1.54) is 0 Å². The van der Waals surface area contributed by atoms with E-state index in [9.17, 15) is 13.2 Å². The van der Waals surface area contributed by atoms with E-state index in [4.69, 9.17) is 9.66 Å². The molecule has 0 unspecified atom stereocenters. The fourth-order valence-corrected chi connectivity index (χ4v) is 1.70. The number of aromatic nitrogens is 1. The Labute approximate surface area is 117 Å². The summed E-state index contributed by atoms with van der Waals surface area (Å²) in [6.45, 7) is 0.673. The molecule has 0 aliphatic rings. The van der Waals surface area contributed by atoms with E-state index in [0.717, 1.165) is 10.9 Å². The van der Waals surface area contributed by atoms with Crippen LogP contribution < -0.4 is 5.56 Å². The van der Waals surface area contributed by atoms with E-state index in [0.29, 0.717) is 19.2 Å². The van der Waals surface area contributed by atoms with Crippen LogP contribution in [0.2, 0.25) is 0 Å². The zero-order valence-corrected chi connectivity index (χ0v) is 11.9. The summed E-state index contributed by atoms with van der Waals surface area (Å²) in [5, 5.41) is 9.83. The van der Waals surface area contributed by atoms with Crippen molar-refractivity contribution < 1.29 is 18.1 Å². The molecular formula is C13H17NO5S. The molecule has 1 heterocycles. The number of hydrogen-bond donors (Lipinski definition) is 2. The van der Waals surface area contributed by atoms with Crippen LogP contribution in [0.5, 0.6) is 0 Å². The van der Waals surface area contributed by atoms with E-state index in [-0.39, 0.29) is 12.2 Å². The highest BCUT2D eigenvalue weighted by Crippen LogP contribution is 2.10. The Kier molecular flexibility index (Phi) is 5.87. The highest BCUT2D eigenvalue weighted by molar-refractivity contribution is 7.85. The minimum atomic E-state index is -3.67. The summed E-state index contributed by atoms with van der Waals surface area (Å²) in [4.78, 5) is 11.6. The first kappa shape index (κ1) is 16.4. The molecule has 0 fully saturated rings. The van der Waals surface area contributed by atoms with Gasteiger partial charge in [0, 0.05) is 19.2 Å². The number of rotatable bonds is 3. The summed E-state index contributed by atoms with van der Waals surface area (Å²) in [6.07, 6.45) is 1.32. The van der Waals surface area contributed by atoms with Crippen molar-refractivity contribution in [3.05, 3.63) is 46.8 Å². The zero-order valence-electron chi connectivity index (χ0n) is 11.1. The molecule has 2 aromatic rings. The maximum Gasteiger partial charge on any atom is 0.261 e. The Hall–Kier alpha value is -1.70. The molecule has 110 valence electrons. The zero-order chi connectivity index (χ0) is 15.2. The van der Waals surface area contributed by atoms with Crippen molar-refractivity contribution in [2.24, 2.45) is 0 Å². The van der Waals surface area contributed by atoms with Crippen molar-refractivity contribution in [1.29, 1.82) is 0 Å². The van der Waals surface area contributed by atoms with Gasteiger partial charge in [0.15, 0.2) is 0 Å². The van der Waals surface area contributed by atoms with Crippen LogP contribution in [-0.4, -0.2) is 35.5 Å². The molecule has 0 radical (unpaired) electrons. The summed E-state index contributed by atoms with van der Waals surface area (Å²) < 4.78 is 27.6. The van der Waals surface area contributed by atoms with Crippen LogP contribution in [0.3, 0.4) is 0 Å². The molecule has 7 heteroatoms. The van der Waals surface area contributed by atoms with Crippen LogP contribution in [0.15, 0.2) is 41.2 Å². The van der Waals surface area contributed by atoms with E-state index in [1.807, 2.05) is 30.3 Å². The molecule has 0 bridgehead atoms. The smallest absolute Gasteiger partial charge is 0.261 e. The summed E-state index contributed by atoms with van der Waals surface area (Å²) >= 11 is 0. The molecule has 0 saturated carbocycles. The number of aliphatic hydroxyl groups excluding tert-OH is 1. The second kappa shape index (κ2) is 7.18. The van der Waals surface area contributed by atoms with Gasteiger partial charge in [0.1, 0.15) is 0 Å². The predicted molar refractivity (Wildman–Crippen MR) is 77.4 cm³/mol. The lowest BCUT2D eigenvalue weighted by Gasteiger charge is -2.08. The fourth-order valence-electron chi connectivity index (χ4n) is 1.70. The van der Waals surface area contributed by atoms with E-state index in [1.54, 1.807) is 10.6 Å². The number of aryl methyl sites for hydroxylation is 1. The summed E-state index contributed by atoms with van der Waals surface area (Å²) in [5.74, 6) is 0. The number of benzene rings is 1. The quantitative estimate of drug-likeness (QED) is 0.820. The Balaban J connectivity index is 0.000000347. The monoisotopic (exact) mass is 299 g/mol. The Morgan fingerprint density at radius 1 is 1.15 bits per heavy atom. The maximum absolute atomic E-state index is 11.6. The molecule has 2 rings (SSSR count). The van der Waals surface area contributed by atoms with Crippen LogP contribution in [0, 0.1) is 0 Å². The summed E-state index contributed by atoms with van der Waals surface area (Å²) in [6, 6.07) is 11.2. The van der Waals surface area contributed by atoms with Gasteiger partial charge in [0.05, 0.1) is 11.8 Å². The molecule has 0 aliphatic carbocycles. The lowest BCUT2D eigenvalue weighted by atomic mass is 10.2. The van der Waals surface area contributed by atoms with Crippen LogP contribution >= 0.6 is 0 Å². The normalized spacial score (nSPS) is 10.9. The molecule has 20 heavy (non-hydrogen) atoms. The van der Waals surface area contributed by atoms with Crippen LogP contribution in [0.1, 0.15) is 6.42 Å². The minimum absolute atomic E-state index is 0.0119. The molecule has 0 amide bonds. The van der Waals surface area contributed by atoms with E-state index < -0.39 is 10.1 Å². The lowest BCUT2D eigenvalue weighted by Crippen LogP contribution is -2.19. The Morgan fingerprint density at radius 3 is 2.35 bits per heavy atom. The van der Waals surface area contributed by atoms with Crippen molar-refractivity contribution in [2.75, 3.05) is 12.9 Å². The third kappa shape index (κ3) is 5.52. The fraction of sp³-hybridized carbons (Fsp3) is 0.308. The predicted octanol–water partition coefficient (Wildman–Crippen LogP) is 0.888. The van der Waals surface area contributed by atoms with Crippen LogP contribution in [0.4, 0.5) is 0 Å². The minimum Gasteiger partial charge on any atom is -0.396 e. The van der Waals surface area contributed by atoms with Crippen molar-refractivity contribution in [2.45, 2.75) is 13.0 Å². The number of nitrogens with zero attached hydrogens (tertiary/aromatic N) is 1. The maximum atomic E-state index is 11.6. The highest BCUT2D eigenvalue weighted by atomic mass is 32.2. The van der Waals surface area contributed by atoms with E-state index >= 15 is 0 Å². The molecule has 6 nitrogen and oxygen atoms in total. The van der Waals surface area contributed by atoms with Gasteiger partial charge in [-0.05, 0) is 23.9 Å². The average molecular weight is 299 g/mol. The third-order valence-corrected chi connectivity index (χ3v) is 2.44. The van der Waals surface area contributed by atoms with Gasteiger partial charge in [-0.15, -0.1) is 0 Å². The van der Waals surface area contributed by atoms with Gasteiger partial charge in [-0.1, -0.05) is 18.2 Å². The largest absolute Gasteiger partial charge is 0.396 e. The standard InChI is InChI=1S/C12H13NO2.CH4O3S/c14-9-3-8-13-11-5-2-1-4-10(11)6-7-12(13)15;1-5(2,3)4/h1-2,4-7,14H,3,8-9H2;1H3,(H,2,3,4). The molecular weight excluding hydrogens is 282 g/mol. The van der Waals surface area contributed by atoms with Gasteiger partial charge in [-0.3, -0.25) is 9.35 Å². The number of para-hydroxylation sites is 1.